The molecule has 0 atom stereocenters. The van der Waals surface area contributed by atoms with Crippen molar-refractivity contribution in [1.82, 2.24) is 0 Å². The maximum atomic E-state index is 12.9. The fourth-order valence-electron chi connectivity index (χ4n) is 3.45. The van der Waals surface area contributed by atoms with Crippen molar-refractivity contribution in [2.75, 3.05) is 6.61 Å². The van der Waals surface area contributed by atoms with Crippen LogP contribution in [0.2, 0.25) is 0 Å². The van der Waals surface area contributed by atoms with Gasteiger partial charge in [0.2, 0.25) is 0 Å². The van der Waals surface area contributed by atoms with Crippen LogP contribution in [0.5, 0.6) is 0 Å². The summed E-state index contributed by atoms with van der Waals surface area (Å²) < 4.78 is 5.10. The molecule has 132 valence electrons. The minimum absolute atomic E-state index is 0.145. The van der Waals surface area contributed by atoms with Crippen LogP contribution in [-0.2, 0) is 16.0 Å². The van der Waals surface area contributed by atoms with Crippen molar-refractivity contribution in [1.29, 1.82) is 0 Å². The third-order valence-electron chi connectivity index (χ3n) is 4.70. The molecule has 2 aromatic rings. The lowest BCUT2D eigenvalue weighted by Gasteiger charge is -2.19. The zero-order chi connectivity index (χ0) is 17.6. The summed E-state index contributed by atoms with van der Waals surface area (Å²) in [6, 6.07) is 11.9. The highest BCUT2D eigenvalue weighted by molar-refractivity contribution is 7.17. The van der Waals surface area contributed by atoms with Crippen LogP contribution >= 0.6 is 11.3 Å². The highest BCUT2D eigenvalue weighted by atomic mass is 32.1. The average molecular weight is 356 g/mol. The van der Waals surface area contributed by atoms with Crippen molar-refractivity contribution in [2.45, 2.75) is 45.4 Å². The molecule has 1 heterocycles. The number of esters is 1. The number of hydrogen-bond donors (Lipinski definition) is 0. The Bertz CT molecular complexity index is 727. The number of ether oxygens (including phenoxy) is 1. The lowest BCUT2D eigenvalue weighted by atomic mass is 9.85. The second kappa shape index (κ2) is 8.43. The van der Waals surface area contributed by atoms with Crippen molar-refractivity contribution < 1.29 is 14.3 Å². The number of Topliss-reactive ketones (excluding diaryl/α,β-unsaturated/α-hetero) is 1. The minimum Gasteiger partial charge on any atom is -0.466 e. The maximum absolute atomic E-state index is 12.9. The molecule has 1 aliphatic carbocycles. The van der Waals surface area contributed by atoms with Gasteiger partial charge in [-0.2, -0.15) is 0 Å². The Kier molecular flexibility index (Phi) is 6.03. The molecule has 1 aromatic heterocycles. The number of hydrogen-bond acceptors (Lipinski definition) is 4. The summed E-state index contributed by atoms with van der Waals surface area (Å²) in [6.45, 7) is 2.18. The summed E-state index contributed by atoms with van der Waals surface area (Å²) in [5, 5.41) is 0. The average Bonchev–Trinajstić information content (AvgIpc) is 3.06. The first-order valence-electron chi connectivity index (χ1n) is 9.07. The van der Waals surface area contributed by atoms with E-state index < -0.39 is 0 Å². The maximum Gasteiger partial charge on any atom is 0.310 e. The molecule has 0 radical (unpaired) electrons. The first kappa shape index (κ1) is 17.9. The van der Waals surface area contributed by atoms with Gasteiger partial charge in [0.15, 0.2) is 5.78 Å². The molecule has 0 amide bonds. The van der Waals surface area contributed by atoms with Crippen LogP contribution in [0.4, 0.5) is 0 Å². The molecule has 3 rings (SSSR count). The number of benzene rings is 1. The summed E-state index contributed by atoms with van der Waals surface area (Å²) in [4.78, 5) is 26.7. The van der Waals surface area contributed by atoms with Gasteiger partial charge >= 0.3 is 5.97 Å². The van der Waals surface area contributed by atoms with Crippen molar-refractivity contribution in [2.24, 2.45) is 5.92 Å². The fourth-order valence-corrected chi connectivity index (χ4v) is 4.65. The smallest absolute Gasteiger partial charge is 0.310 e. The van der Waals surface area contributed by atoms with E-state index in [1.807, 2.05) is 43.3 Å². The van der Waals surface area contributed by atoms with E-state index in [9.17, 15) is 9.59 Å². The number of thiophene rings is 1. The van der Waals surface area contributed by atoms with Gasteiger partial charge in [-0.25, -0.2) is 0 Å². The third-order valence-corrected chi connectivity index (χ3v) is 5.94. The van der Waals surface area contributed by atoms with Gasteiger partial charge in [0.05, 0.1) is 17.9 Å². The van der Waals surface area contributed by atoms with E-state index in [0.717, 1.165) is 46.6 Å². The first-order valence-corrected chi connectivity index (χ1v) is 9.88. The van der Waals surface area contributed by atoms with Crippen molar-refractivity contribution in [3.8, 4) is 10.4 Å². The van der Waals surface area contributed by atoms with Crippen LogP contribution < -0.4 is 0 Å². The Morgan fingerprint density at radius 1 is 1.12 bits per heavy atom. The quantitative estimate of drug-likeness (QED) is 0.522. The summed E-state index contributed by atoms with van der Waals surface area (Å²) in [6.07, 6.45) is 5.71. The molecule has 0 unspecified atom stereocenters. The highest BCUT2D eigenvalue weighted by Crippen LogP contribution is 2.36. The van der Waals surface area contributed by atoms with Crippen LogP contribution in [0.3, 0.4) is 0 Å². The van der Waals surface area contributed by atoms with Gasteiger partial charge in [-0.3, -0.25) is 9.59 Å². The van der Waals surface area contributed by atoms with E-state index in [-0.39, 0.29) is 24.1 Å². The van der Waals surface area contributed by atoms with Crippen molar-refractivity contribution in [3.63, 3.8) is 0 Å². The Balaban J connectivity index is 1.90. The largest absolute Gasteiger partial charge is 0.466 e. The van der Waals surface area contributed by atoms with Gasteiger partial charge in [-0.15, -0.1) is 11.3 Å². The lowest BCUT2D eigenvalue weighted by Crippen LogP contribution is -2.16. The molecule has 3 nitrogen and oxygen atoms in total. The van der Waals surface area contributed by atoms with Gasteiger partial charge in [0.1, 0.15) is 0 Å². The fraction of sp³-hybridized carbons (Fsp3) is 0.429. The van der Waals surface area contributed by atoms with Crippen LogP contribution in [0, 0.1) is 5.92 Å². The summed E-state index contributed by atoms with van der Waals surface area (Å²) in [7, 11) is 0. The topological polar surface area (TPSA) is 43.4 Å². The minimum atomic E-state index is -0.242. The Hall–Kier alpha value is -1.94. The summed E-state index contributed by atoms with van der Waals surface area (Å²) >= 11 is 1.52. The molecule has 25 heavy (non-hydrogen) atoms. The molecule has 1 aliphatic rings. The number of ketones is 1. The number of carbonyl (C=O) groups excluding carboxylic acids is 2. The van der Waals surface area contributed by atoms with E-state index >= 15 is 0 Å². The molecule has 0 N–H and O–H groups in total. The third kappa shape index (κ3) is 4.37. The van der Waals surface area contributed by atoms with Crippen molar-refractivity contribution in [3.05, 3.63) is 46.8 Å². The first-order chi connectivity index (χ1) is 12.2. The van der Waals surface area contributed by atoms with Crippen LogP contribution in [0.1, 0.15) is 54.3 Å². The van der Waals surface area contributed by atoms with E-state index in [2.05, 4.69) is 0 Å². The second-order valence-electron chi connectivity index (χ2n) is 6.51. The zero-order valence-electron chi connectivity index (χ0n) is 14.6. The molecule has 0 aliphatic heterocycles. The van der Waals surface area contributed by atoms with E-state index in [0.29, 0.717) is 6.61 Å². The molecule has 4 heteroatoms. The lowest BCUT2D eigenvalue weighted by molar-refractivity contribution is -0.142. The molecule has 1 fully saturated rings. The van der Waals surface area contributed by atoms with E-state index in [4.69, 9.17) is 4.74 Å². The predicted octanol–water partition coefficient (Wildman–Crippen LogP) is 5.28. The predicted molar refractivity (Wildman–Crippen MR) is 101 cm³/mol. The SMILES string of the molecule is CCOC(=O)Cc1cc(C(=O)C2CCCCC2)sc1-c1ccccc1. The van der Waals surface area contributed by atoms with Crippen molar-refractivity contribution >= 4 is 23.1 Å². The molecule has 0 bridgehead atoms. The summed E-state index contributed by atoms with van der Waals surface area (Å²) in [5.41, 5.74) is 1.95. The molecular formula is C21H24O3S. The standard InChI is InChI=1S/C21H24O3S/c1-2-24-19(22)14-17-13-18(20(23)15-9-5-3-6-10-15)25-21(17)16-11-7-4-8-12-16/h4,7-8,11-13,15H,2-3,5-6,9-10,14H2,1H3. The molecule has 1 saturated carbocycles. The Morgan fingerprint density at radius 3 is 2.52 bits per heavy atom. The van der Waals surface area contributed by atoms with Crippen LogP contribution in [0.15, 0.2) is 36.4 Å². The normalized spacial score (nSPS) is 15.1. The molecule has 0 spiro atoms. The van der Waals surface area contributed by atoms with Gasteiger partial charge in [0, 0.05) is 10.8 Å². The zero-order valence-corrected chi connectivity index (χ0v) is 15.4. The molecule has 0 saturated heterocycles. The van der Waals surface area contributed by atoms with Gasteiger partial charge in [0.25, 0.3) is 0 Å². The van der Waals surface area contributed by atoms with E-state index in [1.54, 1.807) is 0 Å². The molecular weight excluding hydrogens is 332 g/mol. The molecule has 1 aromatic carbocycles. The summed E-state index contributed by atoms with van der Waals surface area (Å²) in [5.74, 6) is 0.151. The van der Waals surface area contributed by atoms with Crippen LogP contribution in [-0.4, -0.2) is 18.4 Å². The van der Waals surface area contributed by atoms with Gasteiger partial charge < -0.3 is 4.74 Å². The number of rotatable bonds is 6. The van der Waals surface area contributed by atoms with Gasteiger partial charge in [-0.1, -0.05) is 49.6 Å². The van der Waals surface area contributed by atoms with Gasteiger partial charge in [-0.05, 0) is 37.0 Å². The Labute approximate surface area is 153 Å². The Morgan fingerprint density at radius 2 is 1.84 bits per heavy atom. The van der Waals surface area contributed by atoms with E-state index in [1.165, 1.54) is 17.8 Å². The highest BCUT2D eigenvalue weighted by Gasteiger charge is 2.25. The van der Waals surface area contributed by atoms with Crippen LogP contribution in [0.25, 0.3) is 10.4 Å². The number of carbonyl (C=O) groups is 2. The second-order valence-corrected chi connectivity index (χ2v) is 7.56. The monoisotopic (exact) mass is 356 g/mol.